The Labute approximate surface area is 224 Å². The Kier molecular flexibility index (Phi) is 6.81. The molecule has 0 unspecified atom stereocenters. The van der Waals surface area contributed by atoms with Crippen LogP contribution in [0.15, 0.2) is 46.3 Å². The van der Waals surface area contributed by atoms with Crippen molar-refractivity contribution in [2.45, 2.75) is 42.7 Å². The Morgan fingerprint density at radius 2 is 2.00 bits per heavy atom. The second-order valence-corrected chi connectivity index (χ2v) is 11.5. The van der Waals surface area contributed by atoms with Gasteiger partial charge in [-0.2, -0.15) is 0 Å². The van der Waals surface area contributed by atoms with E-state index in [-0.39, 0.29) is 35.9 Å². The summed E-state index contributed by atoms with van der Waals surface area (Å²) in [6.07, 6.45) is 4.82. The van der Waals surface area contributed by atoms with Crippen LogP contribution in [0.4, 0.5) is 5.69 Å². The van der Waals surface area contributed by atoms with Crippen LogP contribution in [0.2, 0.25) is 0 Å². The van der Waals surface area contributed by atoms with Crippen LogP contribution in [-0.2, 0) is 20.9 Å². The van der Waals surface area contributed by atoms with Crippen LogP contribution in [0.3, 0.4) is 0 Å². The van der Waals surface area contributed by atoms with Crippen LogP contribution < -0.4 is 0 Å². The molecule has 194 valence electrons. The average molecular weight is 561 g/mol. The zero-order valence-electron chi connectivity index (χ0n) is 20.4. The van der Waals surface area contributed by atoms with Crippen LogP contribution >= 0.6 is 34.9 Å². The molecule has 0 bridgehead atoms. The minimum Gasteiger partial charge on any atom is -0.456 e. The molecule has 4 atom stereocenters. The Morgan fingerprint density at radius 3 is 2.59 bits per heavy atom. The lowest BCUT2D eigenvalue weighted by Crippen LogP contribution is -2.63. The summed E-state index contributed by atoms with van der Waals surface area (Å²) in [4.78, 5) is 44.9. The topological polar surface area (TPSA) is 127 Å². The number of carbonyl (C=O) groups excluding carboxylic acids is 2. The number of nitro groups is 1. The van der Waals surface area contributed by atoms with Crippen molar-refractivity contribution in [2.75, 3.05) is 12.5 Å². The minimum absolute atomic E-state index is 0.0549. The number of aliphatic hydroxyl groups is 1. The van der Waals surface area contributed by atoms with Crippen LogP contribution in [-0.4, -0.2) is 60.8 Å². The fraction of sp³-hybridized carbons (Fsp3) is 0.375. The van der Waals surface area contributed by atoms with Gasteiger partial charge in [-0.15, -0.1) is 34.9 Å². The third-order valence-corrected chi connectivity index (χ3v) is 9.75. The lowest BCUT2D eigenvalue weighted by molar-refractivity contribution is -0.384. The number of imidazole rings is 1. The van der Waals surface area contributed by atoms with Crippen LogP contribution in [0.1, 0.15) is 24.3 Å². The number of ether oxygens (including phenoxy) is 1. The number of esters is 1. The van der Waals surface area contributed by atoms with Crippen molar-refractivity contribution in [1.29, 1.82) is 0 Å². The molecule has 0 radical (unpaired) electrons. The second kappa shape index (κ2) is 9.78. The van der Waals surface area contributed by atoms with Crippen LogP contribution in [0, 0.1) is 22.0 Å². The number of thioether (sulfide) groups is 2. The van der Waals surface area contributed by atoms with Gasteiger partial charge in [0, 0.05) is 23.6 Å². The van der Waals surface area contributed by atoms with E-state index in [1.54, 1.807) is 13.3 Å². The molecule has 5 rings (SSSR count). The maximum Gasteiger partial charge on any atom is 0.355 e. The zero-order chi connectivity index (χ0) is 26.6. The first-order chi connectivity index (χ1) is 17.7. The molecule has 1 fully saturated rings. The van der Waals surface area contributed by atoms with Crippen molar-refractivity contribution in [3.05, 3.63) is 56.8 Å². The summed E-state index contributed by atoms with van der Waals surface area (Å²) in [7, 11) is 0. The van der Waals surface area contributed by atoms with Crippen LogP contribution in [0.25, 0.3) is 10.4 Å². The third-order valence-electron chi connectivity index (χ3n) is 6.82. The van der Waals surface area contributed by atoms with Gasteiger partial charge in [-0.25, -0.2) is 9.78 Å². The number of β-lactam (4-membered cyclic amide) rings is 1. The highest BCUT2D eigenvalue weighted by molar-refractivity contribution is 7.99. The molecular weight excluding hydrogens is 536 g/mol. The summed E-state index contributed by atoms with van der Waals surface area (Å²) in [5.41, 5.74) is 1.45. The van der Waals surface area contributed by atoms with Gasteiger partial charge in [-0.3, -0.25) is 19.3 Å². The molecule has 13 heteroatoms. The highest BCUT2D eigenvalue weighted by Gasteiger charge is 2.60. The highest BCUT2D eigenvalue weighted by atomic mass is 32.2. The van der Waals surface area contributed by atoms with Gasteiger partial charge in [0.1, 0.15) is 28.5 Å². The number of hydrogen-bond donors (Lipinski definition) is 1. The van der Waals surface area contributed by atoms with E-state index in [4.69, 9.17) is 4.74 Å². The van der Waals surface area contributed by atoms with Gasteiger partial charge < -0.3 is 14.7 Å². The van der Waals surface area contributed by atoms with E-state index in [1.807, 2.05) is 23.8 Å². The fourth-order valence-corrected chi connectivity index (χ4v) is 8.11. The maximum absolute atomic E-state index is 13.5. The molecule has 1 saturated heterocycles. The number of non-ortho nitro benzene ring substituents is 1. The van der Waals surface area contributed by atoms with E-state index in [0.717, 1.165) is 25.3 Å². The molecule has 1 N–H and O–H groups in total. The lowest BCUT2D eigenvalue weighted by Gasteiger charge is -2.46. The Morgan fingerprint density at radius 1 is 1.30 bits per heavy atom. The smallest absolute Gasteiger partial charge is 0.355 e. The molecule has 2 aliphatic rings. The fourth-order valence-electron chi connectivity index (χ4n) is 5.10. The Bertz CT molecular complexity index is 1440. The van der Waals surface area contributed by atoms with E-state index in [2.05, 4.69) is 4.98 Å². The molecule has 0 aliphatic carbocycles. The summed E-state index contributed by atoms with van der Waals surface area (Å²) in [5.74, 6) is -1.76. The molecular formula is C24H24N4O6S3. The predicted octanol–water partition coefficient (Wildman–Crippen LogP) is 4.06. The zero-order valence-corrected chi connectivity index (χ0v) is 22.9. The van der Waals surface area contributed by atoms with Crippen molar-refractivity contribution in [3.63, 3.8) is 0 Å². The van der Waals surface area contributed by atoms with E-state index in [1.165, 1.54) is 64.0 Å². The molecule has 3 aromatic rings. The molecule has 1 amide bonds. The largest absolute Gasteiger partial charge is 0.456 e. The number of thiazole rings is 1. The van der Waals surface area contributed by atoms with Gasteiger partial charge in [0.2, 0.25) is 5.91 Å². The van der Waals surface area contributed by atoms with Gasteiger partial charge in [-0.1, -0.05) is 6.92 Å². The van der Waals surface area contributed by atoms with Crippen molar-refractivity contribution < 1.29 is 24.4 Å². The number of aromatic nitrogens is 2. The van der Waals surface area contributed by atoms with Gasteiger partial charge in [-0.05, 0) is 37.1 Å². The number of amides is 1. The molecule has 4 heterocycles. The summed E-state index contributed by atoms with van der Waals surface area (Å²) in [5, 5.41) is 23.0. The van der Waals surface area contributed by atoms with Crippen molar-refractivity contribution in [1.82, 2.24) is 14.3 Å². The molecule has 2 aromatic heterocycles. The van der Waals surface area contributed by atoms with Crippen molar-refractivity contribution in [2.24, 2.45) is 11.8 Å². The standard InChI is InChI=1S/C24H24N4O6S3/c1-11-15(19-22(36-4)26-10-25-20(35-3)23(26)37-19)18(27-17(11)16(12(2)29)21(27)30)24(31)34-9-13-5-7-14(8-6-13)28(32)33/h5-8,10-12,16-17,29H,9H2,1-4H3/t11-,12+,16+,17+/m0/s1. The number of fused-ring (bicyclic) bond motifs is 2. The number of benzene rings is 1. The summed E-state index contributed by atoms with van der Waals surface area (Å²) < 4.78 is 7.63. The van der Waals surface area contributed by atoms with E-state index >= 15 is 0 Å². The van der Waals surface area contributed by atoms with Gasteiger partial charge in [0.05, 0.1) is 32.9 Å². The molecule has 0 spiro atoms. The normalized spacial score (nSPS) is 21.8. The van der Waals surface area contributed by atoms with E-state index in [0.29, 0.717) is 5.56 Å². The molecule has 0 saturated carbocycles. The van der Waals surface area contributed by atoms with Crippen molar-refractivity contribution in [3.8, 4) is 0 Å². The number of hydrogen-bond acceptors (Lipinski definition) is 10. The lowest BCUT2D eigenvalue weighted by atomic mass is 9.77. The summed E-state index contributed by atoms with van der Waals surface area (Å²) in [6, 6.07) is 5.42. The average Bonchev–Trinajstić information content (AvgIpc) is 3.50. The predicted molar refractivity (Wildman–Crippen MR) is 141 cm³/mol. The van der Waals surface area contributed by atoms with Crippen molar-refractivity contribution >= 4 is 62.8 Å². The molecule has 2 aliphatic heterocycles. The number of nitro benzene ring substituents is 1. The van der Waals surface area contributed by atoms with Crippen LogP contribution in [0.5, 0.6) is 0 Å². The molecule has 37 heavy (non-hydrogen) atoms. The number of rotatable bonds is 8. The van der Waals surface area contributed by atoms with E-state index in [9.17, 15) is 24.8 Å². The highest BCUT2D eigenvalue weighted by Crippen LogP contribution is 2.53. The SMILES string of the molecule is CSc1ncn2c(SC)c(C3=C(C(=O)OCc4ccc([N+](=O)[O-])cc4)N4C(=O)[C@H]([C@@H](C)O)[C@H]4[C@H]3C)sc12. The first kappa shape index (κ1) is 25.8. The Hall–Kier alpha value is -2.87. The Balaban J connectivity index is 1.55. The number of aliphatic hydroxyl groups excluding tert-OH is 1. The molecule has 10 nitrogen and oxygen atoms in total. The van der Waals surface area contributed by atoms with E-state index < -0.39 is 22.9 Å². The summed E-state index contributed by atoms with van der Waals surface area (Å²) >= 11 is 4.59. The monoisotopic (exact) mass is 560 g/mol. The number of nitrogens with zero attached hydrogens (tertiary/aromatic N) is 4. The van der Waals surface area contributed by atoms with Gasteiger partial charge in [0.15, 0.2) is 0 Å². The summed E-state index contributed by atoms with van der Waals surface area (Å²) in [6.45, 7) is 3.46. The third kappa shape index (κ3) is 4.04. The van der Waals surface area contributed by atoms with Gasteiger partial charge in [0.25, 0.3) is 5.69 Å². The first-order valence-electron chi connectivity index (χ1n) is 11.4. The minimum atomic E-state index is -0.848. The first-order valence-corrected chi connectivity index (χ1v) is 14.7. The quantitative estimate of drug-likeness (QED) is 0.143. The molecule has 1 aromatic carbocycles. The maximum atomic E-state index is 13.5. The number of carbonyl (C=O) groups is 2. The second-order valence-electron chi connectivity index (χ2n) is 8.89. The van der Waals surface area contributed by atoms with Gasteiger partial charge >= 0.3 is 5.97 Å².